The molecule has 0 fully saturated rings. The third-order valence-electron chi connectivity index (χ3n) is 3.80. The maximum absolute atomic E-state index is 4.31. The van der Waals surface area contributed by atoms with Crippen molar-refractivity contribution in [2.45, 2.75) is 31.8 Å². The third kappa shape index (κ3) is 3.61. The van der Waals surface area contributed by atoms with E-state index in [1.165, 1.54) is 11.1 Å². The van der Waals surface area contributed by atoms with Crippen LogP contribution in [0.3, 0.4) is 0 Å². The van der Waals surface area contributed by atoms with Crippen LogP contribution in [0, 0.1) is 0 Å². The average molecular weight is 300 g/mol. The Kier molecular flexibility index (Phi) is 4.50. The molecule has 0 aliphatic heterocycles. The summed E-state index contributed by atoms with van der Waals surface area (Å²) in [4.78, 5) is 8.58. The van der Waals surface area contributed by atoms with Crippen LogP contribution in [0.25, 0.3) is 0 Å². The number of aliphatic imine (C=N–C) groups is 1. The molecule has 1 atom stereocenters. The van der Waals surface area contributed by atoms with E-state index in [0.717, 1.165) is 36.8 Å². The maximum Gasteiger partial charge on any atom is 0.191 e. The van der Waals surface area contributed by atoms with Crippen molar-refractivity contribution in [2.24, 2.45) is 4.99 Å². The van der Waals surface area contributed by atoms with Crippen molar-refractivity contribution in [3.63, 3.8) is 0 Å². The van der Waals surface area contributed by atoms with Crippen molar-refractivity contribution in [1.29, 1.82) is 0 Å². The van der Waals surface area contributed by atoms with Crippen LogP contribution in [0.4, 0.5) is 0 Å². The lowest BCUT2D eigenvalue weighted by molar-refractivity contribution is 0.520. The molecule has 110 valence electrons. The lowest BCUT2D eigenvalue weighted by atomic mass is 9.88. The summed E-state index contributed by atoms with van der Waals surface area (Å²) < 4.78 is 0. The van der Waals surface area contributed by atoms with Crippen LogP contribution in [-0.2, 0) is 19.4 Å². The fraction of sp³-hybridized carbons (Fsp3) is 0.375. The molecule has 5 heteroatoms. The second-order valence-electron chi connectivity index (χ2n) is 5.20. The maximum atomic E-state index is 4.31. The lowest BCUT2D eigenvalue weighted by Gasteiger charge is -2.27. The van der Waals surface area contributed by atoms with Gasteiger partial charge >= 0.3 is 0 Å². The molecular formula is C16H20N4S. The number of guanidine groups is 1. The van der Waals surface area contributed by atoms with Gasteiger partial charge in [-0.1, -0.05) is 24.3 Å². The highest BCUT2D eigenvalue weighted by atomic mass is 32.1. The van der Waals surface area contributed by atoms with Gasteiger partial charge in [0.25, 0.3) is 0 Å². The SMILES string of the molecule is CN=C(NCc1nccs1)NC1CCc2ccccc2C1. The number of fused-ring (bicyclic) bond motifs is 1. The van der Waals surface area contributed by atoms with E-state index in [0.29, 0.717) is 6.04 Å². The van der Waals surface area contributed by atoms with Gasteiger partial charge in [0, 0.05) is 24.7 Å². The standard InChI is InChI=1S/C16H20N4S/c1-17-16(19-11-15-18-8-9-21-15)20-14-7-6-12-4-2-3-5-13(12)10-14/h2-5,8-9,14H,6-7,10-11H2,1H3,(H2,17,19,20). The summed E-state index contributed by atoms with van der Waals surface area (Å²) in [6.45, 7) is 0.723. The first-order valence-corrected chi connectivity index (χ1v) is 8.15. The normalized spacial score (nSPS) is 18.1. The number of hydrogen-bond donors (Lipinski definition) is 2. The van der Waals surface area contributed by atoms with Gasteiger partial charge in [-0.2, -0.15) is 0 Å². The van der Waals surface area contributed by atoms with Crippen LogP contribution in [-0.4, -0.2) is 24.0 Å². The molecule has 1 aromatic heterocycles. The molecule has 0 saturated carbocycles. The van der Waals surface area contributed by atoms with Gasteiger partial charge < -0.3 is 10.6 Å². The van der Waals surface area contributed by atoms with Gasteiger partial charge in [-0.05, 0) is 30.4 Å². The summed E-state index contributed by atoms with van der Waals surface area (Å²) in [6, 6.07) is 9.16. The van der Waals surface area contributed by atoms with Crippen LogP contribution in [0.1, 0.15) is 22.6 Å². The molecule has 0 saturated heterocycles. The lowest BCUT2D eigenvalue weighted by Crippen LogP contribution is -2.45. The first-order chi connectivity index (χ1) is 10.3. The smallest absolute Gasteiger partial charge is 0.191 e. The van der Waals surface area contributed by atoms with E-state index in [1.54, 1.807) is 11.3 Å². The molecule has 0 spiro atoms. The number of benzene rings is 1. The van der Waals surface area contributed by atoms with E-state index in [-0.39, 0.29) is 0 Å². The minimum Gasteiger partial charge on any atom is -0.353 e. The van der Waals surface area contributed by atoms with Gasteiger partial charge in [0.1, 0.15) is 5.01 Å². The Morgan fingerprint density at radius 3 is 3.00 bits per heavy atom. The minimum atomic E-state index is 0.447. The van der Waals surface area contributed by atoms with E-state index in [2.05, 4.69) is 44.9 Å². The minimum absolute atomic E-state index is 0.447. The molecular weight excluding hydrogens is 280 g/mol. The van der Waals surface area contributed by atoms with Crippen LogP contribution in [0.15, 0.2) is 40.8 Å². The highest BCUT2D eigenvalue weighted by Crippen LogP contribution is 2.20. The second kappa shape index (κ2) is 6.72. The van der Waals surface area contributed by atoms with Crippen molar-refractivity contribution in [3.8, 4) is 0 Å². The second-order valence-corrected chi connectivity index (χ2v) is 6.18. The van der Waals surface area contributed by atoms with Gasteiger partial charge in [-0.3, -0.25) is 4.99 Å². The van der Waals surface area contributed by atoms with Gasteiger partial charge in [-0.15, -0.1) is 11.3 Å². The van der Waals surface area contributed by atoms with E-state index < -0.39 is 0 Å². The highest BCUT2D eigenvalue weighted by molar-refractivity contribution is 7.09. The van der Waals surface area contributed by atoms with Crippen molar-refractivity contribution in [1.82, 2.24) is 15.6 Å². The molecule has 2 aromatic rings. The number of aryl methyl sites for hydroxylation is 1. The predicted octanol–water partition coefficient (Wildman–Crippen LogP) is 2.37. The van der Waals surface area contributed by atoms with Crippen LogP contribution < -0.4 is 10.6 Å². The Morgan fingerprint density at radius 2 is 2.24 bits per heavy atom. The van der Waals surface area contributed by atoms with Crippen LogP contribution in [0.2, 0.25) is 0 Å². The molecule has 0 radical (unpaired) electrons. The molecule has 1 aliphatic carbocycles. The van der Waals surface area contributed by atoms with Gasteiger partial charge in [0.15, 0.2) is 5.96 Å². The quantitative estimate of drug-likeness (QED) is 0.676. The first-order valence-electron chi connectivity index (χ1n) is 7.27. The van der Waals surface area contributed by atoms with Crippen molar-refractivity contribution >= 4 is 17.3 Å². The molecule has 1 heterocycles. The molecule has 21 heavy (non-hydrogen) atoms. The fourth-order valence-corrected chi connectivity index (χ4v) is 3.26. The third-order valence-corrected chi connectivity index (χ3v) is 4.58. The van der Waals surface area contributed by atoms with Crippen LogP contribution >= 0.6 is 11.3 Å². The van der Waals surface area contributed by atoms with Gasteiger partial charge in [0.05, 0.1) is 6.54 Å². The molecule has 1 aliphatic rings. The zero-order valence-electron chi connectivity index (χ0n) is 12.2. The monoisotopic (exact) mass is 300 g/mol. The number of nitrogens with zero attached hydrogens (tertiary/aromatic N) is 2. The van der Waals surface area contributed by atoms with Gasteiger partial charge in [0.2, 0.25) is 0 Å². The summed E-state index contributed by atoms with van der Waals surface area (Å²) in [5.41, 5.74) is 2.94. The van der Waals surface area contributed by atoms with E-state index in [4.69, 9.17) is 0 Å². The summed E-state index contributed by atoms with van der Waals surface area (Å²) in [5, 5.41) is 9.92. The summed E-state index contributed by atoms with van der Waals surface area (Å²) in [5.74, 6) is 0.856. The molecule has 2 N–H and O–H groups in total. The Labute approximate surface area is 129 Å². The van der Waals surface area contributed by atoms with Crippen LogP contribution in [0.5, 0.6) is 0 Å². The molecule has 0 bridgehead atoms. The molecule has 1 unspecified atom stereocenters. The van der Waals surface area contributed by atoms with E-state index >= 15 is 0 Å². The fourth-order valence-electron chi connectivity index (χ4n) is 2.71. The van der Waals surface area contributed by atoms with E-state index in [9.17, 15) is 0 Å². The summed E-state index contributed by atoms with van der Waals surface area (Å²) >= 11 is 1.66. The van der Waals surface area contributed by atoms with E-state index in [1.807, 2.05) is 18.6 Å². The summed E-state index contributed by atoms with van der Waals surface area (Å²) in [6.07, 6.45) is 5.18. The molecule has 1 aromatic carbocycles. The Morgan fingerprint density at radius 1 is 1.38 bits per heavy atom. The highest BCUT2D eigenvalue weighted by Gasteiger charge is 2.18. The zero-order chi connectivity index (χ0) is 14.5. The largest absolute Gasteiger partial charge is 0.353 e. The Bertz CT molecular complexity index is 606. The number of rotatable bonds is 3. The topological polar surface area (TPSA) is 49.3 Å². The number of aromatic nitrogens is 1. The predicted molar refractivity (Wildman–Crippen MR) is 87.7 cm³/mol. The molecule has 3 rings (SSSR count). The Hall–Kier alpha value is -1.88. The first kappa shape index (κ1) is 14.1. The molecule has 0 amide bonds. The Balaban J connectivity index is 1.56. The van der Waals surface area contributed by atoms with Crippen molar-refractivity contribution in [3.05, 3.63) is 52.0 Å². The molecule has 4 nitrogen and oxygen atoms in total. The average Bonchev–Trinajstić information content (AvgIpc) is 3.04. The number of hydrogen-bond acceptors (Lipinski definition) is 3. The number of nitrogens with one attached hydrogen (secondary N) is 2. The van der Waals surface area contributed by atoms with Crippen molar-refractivity contribution in [2.75, 3.05) is 7.05 Å². The summed E-state index contributed by atoms with van der Waals surface area (Å²) in [7, 11) is 1.81. The zero-order valence-corrected chi connectivity index (χ0v) is 13.0. The van der Waals surface area contributed by atoms with Gasteiger partial charge in [-0.25, -0.2) is 4.98 Å². The van der Waals surface area contributed by atoms with Crippen molar-refractivity contribution < 1.29 is 0 Å². The number of thiazole rings is 1.